The summed E-state index contributed by atoms with van der Waals surface area (Å²) in [6.45, 7) is 2.85. The van der Waals surface area contributed by atoms with E-state index in [0.29, 0.717) is 11.1 Å². The van der Waals surface area contributed by atoms with Crippen LogP contribution < -0.4 is 10.6 Å². The molecule has 0 unspecified atom stereocenters. The van der Waals surface area contributed by atoms with Gasteiger partial charge in [0.2, 0.25) is 0 Å². The lowest BCUT2D eigenvalue weighted by Gasteiger charge is -2.26. The molecule has 0 spiro atoms. The summed E-state index contributed by atoms with van der Waals surface area (Å²) >= 11 is 0. The second-order valence-corrected chi connectivity index (χ2v) is 15.8. The minimum atomic E-state index is -0.669. The number of benzene rings is 2. The number of ether oxygens (including phenoxy) is 2. The summed E-state index contributed by atoms with van der Waals surface area (Å²) in [6, 6.07) is 10.9. The number of Topliss-reactive ketones (excluding diaryl/α,β-unsaturated/α-hetero) is 2. The Hall–Kier alpha value is -4.34. The van der Waals surface area contributed by atoms with Crippen LogP contribution in [0.3, 0.4) is 0 Å². The molecule has 4 aliphatic rings. The minimum Gasteiger partial charge on any atom is -0.389 e. The maximum Gasteiger partial charge on any atom is 0.346 e. The highest BCUT2D eigenvalue weighted by Crippen LogP contribution is 2.29. The summed E-state index contributed by atoms with van der Waals surface area (Å²) in [5, 5.41) is 6.85. The second-order valence-electron chi connectivity index (χ2n) is 15.8. The van der Waals surface area contributed by atoms with E-state index in [9.17, 15) is 19.2 Å². The molecular formula is C44H58N4O6. The fourth-order valence-electron chi connectivity index (χ4n) is 8.47. The molecule has 0 saturated heterocycles. The molecule has 0 bridgehead atoms. The van der Waals surface area contributed by atoms with E-state index in [2.05, 4.69) is 10.6 Å². The molecule has 0 amide bonds. The fourth-order valence-corrected chi connectivity index (χ4v) is 8.47. The molecule has 54 heavy (non-hydrogen) atoms. The van der Waals surface area contributed by atoms with Gasteiger partial charge < -0.3 is 20.1 Å². The van der Waals surface area contributed by atoms with Gasteiger partial charge in [-0.15, -0.1) is 0 Å². The van der Waals surface area contributed by atoms with E-state index in [1.807, 2.05) is 0 Å². The van der Waals surface area contributed by atoms with E-state index in [1.54, 1.807) is 36.4 Å². The first-order valence-corrected chi connectivity index (χ1v) is 20.7. The van der Waals surface area contributed by atoms with E-state index in [1.165, 1.54) is 39.5 Å². The summed E-state index contributed by atoms with van der Waals surface area (Å²) < 4.78 is 12.0. The molecule has 4 saturated carbocycles. The van der Waals surface area contributed by atoms with Crippen LogP contribution in [0.5, 0.6) is 0 Å². The molecule has 0 aliphatic heterocycles. The van der Waals surface area contributed by atoms with Crippen molar-refractivity contribution in [1.29, 1.82) is 0 Å². The van der Waals surface area contributed by atoms with Gasteiger partial charge in [-0.3, -0.25) is 9.59 Å². The highest BCUT2D eigenvalue weighted by molar-refractivity contribution is 6.10. The molecule has 290 valence electrons. The Balaban J connectivity index is 1.28. The molecule has 2 aromatic rings. The normalized spacial score (nSPS) is 19.9. The van der Waals surface area contributed by atoms with Crippen molar-refractivity contribution in [2.75, 3.05) is 0 Å². The van der Waals surface area contributed by atoms with Gasteiger partial charge in [-0.1, -0.05) is 89.2 Å². The largest absolute Gasteiger partial charge is 0.389 e. The van der Waals surface area contributed by atoms with Crippen molar-refractivity contribution in [3.63, 3.8) is 0 Å². The molecule has 4 fully saturated rings. The third kappa shape index (κ3) is 10.9. The van der Waals surface area contributed by atoms with Gasteiger partial charge in [0, 0.05) is 23.2 Å². The number of carbonyl (C=O) groups excluding carboxylic acids is 4. The maximum absolute atomic E-state index is 14.0. The Morgan fingerprint density at radius 2 is 0.815 bits per heavy atom. The van der Waals surface area contributed by atoms with Crippen molar-refractivity contribution < 1.29 is 28.7 Å². The number of ketones is 2. The van der Waals surface area contributed by atoms with Crippen molar-refractivity contribution in [2.45, 2.75) is 166 Å². The Morgan fingerprint density at radius 1 is 0.481 bits per heavy atom. The van der Waals surface area contributed by atoms with Crippen molar-refractivity contribution in [3.8, 4) is 11.1 Å². The number of esters is 2. The first-order valence-electron chi connectivity index (χ1n) is 20.7. The van der Waals surface area contributed by atoms with Crippen LogP contribution in [-0.2, 0) is 9.47 Å². The quantitative estimate of drug-likeness (QED) is 0.113. The summed E-state index contributed by atoms with van der Waals surface area (Å²) in [4.78, 5) is 63.4. The minimum absolute atomic E-state index is 0.0836. The number of aliphatic imine (C=N–C) groups is 2. The number of nitrogens with zero attached hydrogens (tertiary/aromatic N) is 2. The average molecular weight is 739 g/mol. The van der Waals surface area contributed by atoms with Gasteiger partial charge in [0.1, 0.15) is 0 Å². The third-order valence-electron chi connectivity index (χ3n) is 11.6. The van der Waals surface area contributed by atoms with Crippen molar-refractivity contribution in [3.05, 3.63) is 58.7 Å². The Labute approximate surface area is 320 Å². The molecule has 10 heteroatoms. The smallest absolute Gasteiger partial charge is 0.346 e. The number of amidine groups is 2. The monoisotopic (exact) mass is 738 g/mol. The van der Waals surface area contributed by atoms with E-state index >= 15 is 0 Å². The van der Waals surface area contributed by atoms with Crippen LogP contribution in [0.15, 0.2) is 46.4 Å². The Kier molecular flexibility index (Phi) is 14.1. The third-order valence-corrected chi connectivity index (χ3v) is 11.6. The van der Waals surface area contributed by atoms with Crippen LogP contribution in [0.1, 0.15) is 184 Å². The van der Waals surface area contributed by atoms with Gasteiger partial charge in [0.15, 0.2) is 11.6 Å². The highest BCUT2D eigenvalue weighted by atomic mass is 16.6. The predicted molar refractivity (Wildman–Crippen MR) is 211 cm³/mol. The lowest BCUT2D eigenvalue weighted by Crippen LogP contribution is -2.39. The Bertz CT molecular complexity index is 1580. The van der Waals surface area contributed by atoms with Gasteiger partial charge in [-0.05, 0) is 101 Å². The van der Waals surface area contributed by atoms with Crippen LogP contribution in [0, 0.1) is 0 Å². The first kappa shape index (κ1) is 39.4. The predicted octanol–water partition coefficient (Wildman–Crippen LogP) is 9.29. The summed E-state index contributed by atoms with van der Waals surface area (Å²) in [7, 11) is 0. The zero-order chi connectivity index (χ0) is 37.9. The standard InChI is InChI=1S/C44H58N4O6/c1-29(49)37-25-23-31(27-39(37)41(51)53-43(45-33-15-7-3-8-16-33)46-34-17-9-4-10-18-34)32-24-26-38(30(2)50)40(28-32)42(52)54-44(47-35-19-11-5-12-20-35)48-36-21-13-6-14-22-36/h23-28,33-36H,3-22H2,1-2H3,(H,45,46)(H,47,48). The van der Waals surface area contributed by atoms with E-state index in [0.717, 1.165) is 103 Å². The molecule has 10 nitrogen and oxygen atoms in total. The van der Waals surface area contributed by atoms with Crippen LogP contribution in [0.4, 0.5) is 0 Å². The lowest BCUT2D eigenvalue weighted by molar-refractivity contribution is 0.0690. The molecule has 6 rings (SSSR count). The zero-order valence-electron chi connectivity index (χ0n) is 32.3. The lowest BCUT2D eigenvalue weighted by atomic mass is 9.94. The number of rotatable bonds is 9. The summed E-state index contributed by atoms with van der Waals surface area (Å²) in [6.07, 6.45) is 21.4. The number of carbonyl (C=O) groups is 4. The molecule has 2 N–H and O–H groups in total. The fraction of sp³-hybridized carbons (Fsp3) is 0.591. The van der Waals surface area contributed by atoms with Gasteiger partial charge in [0.05, 0.1) is 23.2 Å². The molecule has 0 heterocycles. The molecule has 2 aromatic carbocycles. The van der Waals surface area contributed by atoms with E-state index in [-0.39, 0.29) is 70.0 Å². The van der Waals surface area contributed by atoms with E-state index < -0.39 is 11.9 Å². The van der Waals surface area contributed by atoms with Crippen LogP contribution >= 0.6 is 0 Å². The van der Waals surface area contributed by atoms with Crippen LogP contribution in [0.2, 0.25) is 0 Å². The van der Waals surface area contributed by atoms with Gasteiger partial charge in [0.25, 0.3) is 12.0 Å². The van der Waals surface area contributed by atoms with Gasteiger partial charge >= 0.3 is 11.9 Å². The zero-order valence-corrected chi connectivity index (χ0v) is 32.3. The number of hydrogen-bond acceptors (Lipinski definition) is 8. The van der Waals surface area contributed by atoms with Crippen molar-refractivity contribution in [1.82, 2.24) is 10.6 Å². The van der Waals surface area contributed by atoms with Crippen molar-refractivity contribution in [2.24, 2.45) is 9.98 Å². The van der Waals surface area contributed by atoms with Gasteiger partial charge in [-0.25, -0.2) is 19.6 Å². The Morgan fingerprint density at radius 3 is 1.15 bits per heavy atom. The van der Waals surface area contributed by atoms with E-state index in [4.69, 9.17) is 19.5 Å². The molecule has 0 atom stereocenters. The van der Waals surface area contributed by atoms with Gasteiger partial charge in [-0.2, -0.15) is 0 Å². The topological polar surface area (TPSA) is 136 Å². The second kappa shape index (κ2) is 19.3. The molecule has 4 aliphatic carbocycles. The number of hydrogen-bond donors (Lipinski definition) is 2. The summed E-state index contributed by atoms with van der Waals surface area (Å²) in [5.41, 5.74) is 1.85. The molecule has 0 radical (unpaired) electrons. The maximum atomic E-state index is 14.0. The highest BCUT2D eigenvalue weighted by Gasteiger charge is 2.26. The average Bonchev–Trinajstić information content (AvgIpc) is 3.19. The van der Waals surface area contributed by atoms with Crippen LogP contribution in [0.25, 0.3) is 11.1 Å². The number of nitrogens with one attached hydrogen (secondary N) is 2. The summed E-state index contributed by atoms with van der Waals surface area (Å²) in [5.74, 6) is -1.88. The van der Waals surface area contributed by atoms with Crippen molar-refractivity contribution >= 4 is 35.5 Å². The van der Waals surface area contributed by atoms with Crippen LogP contribution in [-0.4, -0.2) is 59.7 Å². The molecular weight excluding hydrogens is 681 g/mol. The SMILES string of the molecule is CC(=O)c1ccc(-c2ccc(C(C)=O)c(C(=O)O/C(=N/C3CCCCC3)NC3CCCCC3)c2)cc1C(=O)O/C(=N/C1CCCCC1)NC1CCCCC1. The first-order chi connectivity index (χ1) is 26.2. The molecule has 0 aromatic heterocycles.